The summed E-state index contributed by atoms with van der Waals surface area (Å²) in [6.45, 7) is 9.30. The molecule has 0 unspecified atom stereocenters. The standard InChI is InChI=1S/C14H20BrFN2OS/c1-5-6-7-12(18-20(19)14(2,3)4)13-10(15)8-17-9-11(13)16/h5,8-9,12,18H,1,6-7H2,2-4H3/t12-,20+/m1/s1. The Morgan fingerprint density at radius 1 is 1.55 bits per heavy atom. The monoisotopic (exact) mass is 362 g/mol. The van der Waals surface area contributed by atoms with Crippen LogP contribution in [0.25, 0.3) is 0 Å². The van der Waals surface area contributed by atoms with Gasteiger partial charge in [0, 0.05) is 27.6 Å². The zero-order chi connectivity index (χ0) is 15.3. The van der Waals surface area contributed by atoms with Crippen LogP contribution in [0.15, 0.2) is 29.5 Å². The fourth-order valence-electron chi connectivity index (χ4n) is 1.61. The smallest absolute Gasteiger partial charge is 0.147 e. The summed E-state index contributed by atoms with van der Waals surface area (Å²) in [5.41, 5.74) is 0.458. The Bertz CT molecular complexity index is 445. The van der Waals surface area contributed by atoms with E-state index in [1.54, 1.807) is 12.3 Å². The third-order valence-electron chi connectivity index (χ3n) is 2.70. The lowest BCUT2D eigenvalue weighted by atomic mass is 10.0. The van der Waals surface area contributed by atoms with Crippen LogP contribution in [0.1, 0.15) is 45.2 Å². The molecule has 0 radical (unpaired) electrons. The molecule has 1 aromatic rings. The van der Waals surface area contributed by atoms with Crippen LogP contribution in [0.5, 0.6) is 0 Å². The third-order valence-corrected chi connectivity index (χ3v) is 4.95. The highest BCUT2D eigenvalue weighted by Gasteiger charge is 2.31. The number of aromatic nitrogens is 1. The van der Waals surface area contributed by atoms with E-state index >= 15 is 0 Å². The minimum absolute atomic E-state index is 0.356. The molecule has 0 aliphatic heterocycles. The zero-order valence-corrected chi connectivity index (χ0v) is 14.4. The van der Waals surface area contributed by atoms with Crippen LogP contribution >= 0.6 is 15.9 Å². The first-order chi connectivity index (χ1) is 9.27. The maximum Gasteiger partial charge on any atom is 0.147 e. The molecule has 0 bridgehead atoms. The SMILES string of the molecule is C=CCC[C@@H](N[S@@+]([O-])C(C)(C)C)c1c(F)cncc1Br. The molecule has 0 saturated heterocycles. The second-order valence-corrected chi connectivity index (χ2v) is 8.29. The Labute approximate surface area is 131 Å². The van der Waals surface area contributed by atoms with Gasteiger partial charge >= 0.3 is 0 Å². The summed E-state index contributed by atoms with van der Waals surface area (Å²) in [4.78, 5) is 3.79. The van der Waals surface area contributed by atoms with Gasteiger partial charge < -0.3 is 4.55 Å². The Kier molecular flexibility index (Phi) is 6.64. The van der Waals surface area contributed by atoms with Crippen molar-refractivity contribution in [3.63, 3.8) is 0 Å². The van der Waals surface area contributed by atoms with Crippen molar-refractivity contribution in [2.75, 3.05) is 0 Å². The van der Waals surface area contributed by atoms with E-state index in [2.05, 4.69) is 32.2 Å². The van der Waals surface area contributed by atoms with E-state index in [0.717, 1.165) is 0 Å². The quantitative estimate of drug-likeness (QED) is 0.613. The number of hydrogen-bond acceptors (Lipinski definition) is 3. The van der Waals surface area contributed by atoms with Gasteiger partial charge in [0.15, 0.2) is 0 Å². The molecule has 0 saturated carbocycles. The lowest BCUT2D eigenvalue weighted by Crippen LogP contribution is -2.41. The van der Waals surface area contributed by atoms with E-state index in [1.807, 2.05) is 20.8 Å². The minimum Gasteiger partial charge on any atom is -0.598 e. The molecule has 1 aromatic heterocycles. The van der Waals surface area contributed by atoms with E-state index in [9.17, 15) is 8.94 Å². The van der Waals surface area contributed by atoms with Gasteiger partial charge in [0.25, 0.3) is 0 Å². The van der Waals surface area contributed by atoms with Crippen LogP contribution in [-0.2, 0) is 11.4 Å². The Hall–Kier alpha value is -0.430. The molecule has 0 aliphatic carbocycles. The van der Waals surface area contributed by atoms with Gasteiger partial charge in [0.1, 0.15) is 10.6 Å². The molecule has 0 aromatic carbocycles. The van der Waals surface area contributed by atoms with Crippen LogP contribution < -0.4 is 4.72 Å². The molecule has 20 heavy (non-hydrogen) atoms. The Morgan fingerprint density at radius 2 is 2.20 bits per heavy atom. The average Bonchev–Trinajstić information content (AvgIpc) is 2.34. The molecule has 0 aliphatic rings. The lowest BCUT2D eigenvalue weighted by Gasteiger charge is -2.28. The van der Waals surface area contributed by atoms with Crippen molar-refractivity contribution in [2.24, 2.45) is 0 Å². The van der Waals surface area contributed by atoms with Gasteiger partial charge in [-0.25, -0.2) is 4.39 Å². The minimum atomic E-state index is -1.28. The maximum absolute atomic E-state index is 14.0. The summed E-state index contributed by atoms with van der Waals surface area (Å²) in [6, 6.07) is -0.356. The third kappa shape index (κ3) is 4.84. The van der Waals surface area contributed by atoms with E-state index in [-0.39, 0.29) is 6.04 Å². The first-order valence-corrected chi connectivity index (χ1v) is 8.29. The molecule has 1 N–H and O–H groups in total. The van der Waals surface area contributed by atoms with Crippen LogP contribution in [0.4, 0.5) is 4.39 Å². The van der Waals surface area contributed by atoms with Crippen LogP contribution in [-0.4, -0.2) is 14.3 Å². The summed E-state index contributed by atoms with van der Waals surface area (Å²) in [5, 5.41) is 0. The molecule has 1 rings (SSSR count). The predicted molar refractivity (Wildman–Crippen MR) is 85.1 cm³/mol. The van der Waals surface area contributed by atoms with Gasteiger partial charge in [-0.15, -0.1) is 11.3 Å². The van der Waals surface area contributed by atoms with Crippen molar-refractivity contribution in [1.82, 2.24) is 9.71 Å². The predicted octanol–water partition coefficient (Wildman–Crippen LogP) is 4.04. The molecular formula is C14H20BrFN2OS. The molecule has 6 heteroatoms. The molecule has 3 nitrogen and oxygen atoms in total. The summed E-state index contributed by atoms with van der Waals surface area (Å²) >= 11 is 2.03. The first kappa shape index (κ1) is 17.6. The van der Waals surface area contributed by atoms with Gasteiger partial charge in [-0.3, -0.25) is 4.98 Å². The molecule has 0 spiro atoms. The first-order valence-electron chi connectivity index (χ1n) is 6.35. The second-order valence-electron chi connectivity index (χ2n) is 5.43. The number of nitrogens with one attached hydrogen (secondary N) is 1. The fourth-order valence-corrected chi connectivity index (χ4v) is 3.04. The molecular weight excluding hydrogens is 343 g/mol. The van der Waals surface area contributed by atoms with E-state index in [1.165, 1.54) is 6.20 Å². The number of halogens is 2. The average molecular weight is 363 g/mol. The summed E-state index contributed by atoms with van der Waals surface area (Å²) in [7, 11) is 0. The fraction of sp³-hybridized carbons (Fsp3) is 0.500. The largest absolute Gasteiger partial charge is 0.598 e. The van der Waals surface area contributed by atoms with Crippen molar-refractivity contribution in [2.45, 2.75) is 44.4 Å². The number of pyridine rings is 1. The molecule has 1 heterocycles. The van der Waals surface area contributed by atoms with Crippen molar-refractivity contribution >= 4 is 27.3 Å². The van der Waals surface area contributed by atoms with Gasteiger partial charge in [-0.2, -0.15) is 0 Å². The molecule has 112 valence electrons. The van der Waals surface area contributed by atoms with Gasteiger partial charge in [-0.1, -0.05) is 6.08 Å². The van der Waals surface area contributed by atoms with Crippen molar-refractivity contribution in [3.8, 4) is 0 Å². The maximum atomic E-state index is 14.0. The van der Waals surface area contributed by atoms with Gasteiger partial charge in [0.05, 0.1) is 12.2 Å². The molecule has 0 fully saturated rings. The zero-order valence-electron chi connectivity index (χ0n) is 12.0. The number of nitrogens with zero attached hydrogens (tertiary/aromatic N) is 1. The summed E-state index contributed by atoms with van der Waals surface area (Å²) in [5.74, 6) is -0.410. The van der Waals surface area contributed by atoms with Crippen molar-refractivity contribution in [1.29, 1.82) is 0 Å². The van der Waals surface area contributed by atoms with Crippen molar-refractivity contribution < 1.29 is 8.94 Å². The van der Waals surface area contributed by atoms with E-state index in [4.69, 9.17) is 0 Å². The topological polar surface area (TPSA) is 48.0 Å². The van der Waals surface area contributed by atoms with Crippen LogP contribution in [0.2, 0.25) is 0 Å². The van der Waals surface area contributed by atoms with E-state index < -0.39 is 21.9 Å². The molecule has 0 amide bonds. The number of allylic oxidation sites excluding steroid dienone is 1. The summed E-state index contributed by atoms with van der Waals surface area (Å²) in [6.07, 6.45) is 5.80. The lowest BCUT2D eigenvalue weighted by molar-refractivity contribution is 0.496. The highest BCUT2D eigenvalue weighted by atomic mass is 79.9. The number of hydrogen-bond donors (Lipinski definition) is 1. The van der Waals surface area contributed by atoms with E-state index in [0.29, 0.717) is 22.9 Å². The second kappa shape index (κ2) is 7.54. The van der Waals surface area contributed by atoms with Crippen molar-refractivity contribution in [3.05, 3.63) is 40.9 Å². The normalized spacial score (nSPS) is 14.9. The molecule has 2 atom stereocenters. The van der Waals surface area contributed by atoms with Crippen LogP contribution in [0, 0.1) is 5.82 Å². The highest BCUT2D eigenvalue weighted by molar-refractivity contribution is 9.10. The van der Waals surface area contributed by atoms with Crippen LogP contribution in [0.3, 0.4) is 0 Å². The van der Waals surface area contributed by atoms with Gasteiger partial charge in [-0.05, 0) is 49.5 Å². The highest BCUT2D eigenvalue weighted by Crippen LogP contribution is 2.30. The number of rotatable bonds is 6. The van der Waals surface area contributed by atoms with Gasteiger partial charge in [0.2, 0.25) is 0 Å². The Balaban J connectivity index is 3.03. The summed E-state index contributed by atoms with van der Waals surface area (Å²) < 4.78 is 29.4. The Morgan fingerprint density at radius 3 is 2.70 bits per heavy atom.